The van der Waals surface area contributed by atoms with Gasteiger partial charge in [-0.3, -0.25) is 9.36 Å². The van der Waals surface area contributed by atoms with Crippen molar-refractivity contribution in [3.63, 3.8) is 0 Å². The molecule has 6 heteroatoms. The molecular formula is C18H23N5O. The van der Waals surface area contributed by atoms with E-state index < -0.39 is 0 Å². The van der Waals surface area contributed by atoms with Crippen LogP contribution in [-0.2, 0) is 17.8 Å². The van der Waals surface area contributed by atoms with Crippen LogP contribution in [0.1, 0.15) is 49.1 Å². The summed E-state index contributed by atoms with van der Waals surface area (Å²) >= 11 is 0. The molecular weight excluding hydrogens is 302 g/mol. The summed E-state index contributed by atoms with van der Waals surface area (Å²) < 4.78 is 2.05. The topological polar surface area (TPSA) is 63.1 Å². The maximum Gasteiger partial charge on any atom is 0.245 e. The Morgan fingerprint density at radius 3 is 2.83 bits per heavy atom. The van der Waals surface area contributed by atoms with E-state index in [0.29, 0.717) is 6.54 Å². The number of carbonyl (C=O) groups is 1. The standard InChI is InChI=1S/C18H23N5O/c1-13-18(24)22(11-9-14-6-3-2-4-7-14)12-16-20-21-17(23(13)16)15-8-5-10-19-15/h2-4,6-7,13,15,19H,5,8-12H2,1H3/t13-,15-/m0/s1. The number of amides is 1. The molecule has 2 atom stereocenters. The van der Waals surface area contributed by atoms with E-state index >= 15 is 0 Å². The van der Waals surface area contributed by atoms with Crippen molar-refractivity contribution in [1.82, 2.24) is 25.0 Å². The second kappa shape index (κ2) is 6.36. The summed E-state index contributed by atoms with van der Waals surface area (Å²) in [6.45, 7) is 4.24. The Bertz CT molecular complexity index is 720. The second-order valence-electron chi connectivity index (χ2n) is 6.66. The number of hydrogen-bond donors (Lipinski definition) is 1. The van der Waals surface area contributed by atoms with Crippen LogP contribution in [0.25, 0.3) is 0 Å². The van der Waals surface area contributed by atoms with Gasteiger partial charge < -0.3 is 10.2 Å². The molecule has 1 aromatic carbocycles. The fourth-order valence-corrected chi connectivity index (χ4v) is 3.73. The molecule has 1 saturated heterocycles. The summed E-state index contributed by atoms with van der Waals surface area (Å²) in [5.41, 5.74) is 1.25. The fourth-order valence-electron chi connectivity index (χ4n) is 3.73. The summed E-state index contributed by atoms with van der Waals surface area (Å²) in [4.78, 5) is 14.7. The molecule has 1 amide bonds. The number of fused-ring (bicyclic) bond motifs is 1. The third-order valence-electron chi connectivity index (χ3n) is 5.07. The van der Waals surface area contributed by atoms with E-state index in [2.05, 4.69) is 27.6 Å². The third kappa shape index (κ3) is 2.71. The molecule has 0 saturated carbocycles. The van der Waals surface area contributed by atoms with Crippen LogP contribution in [0.15, 0.2) is 30.3 Å². The monoisotopic (exact) mass is 325 g/mol. The van der Waals surface area contributed by atoms with Gasteiger partial charge in [0.25, 0.3) is 0 Å². The molecule has 2 aromatic rings. The molecule has 1 N–H and O–H groups in total. The summed E-state index contributed by atoms with van der Waals surface area (Å²) in [6.07, 6.45) is 3.08. The van der Waals surface area contributed by atoms with Crippen LogP contribution >= 0.6 is 0 Å². The van der Waals surface area contributed by atoms with Crippen molar-refractivity contribution >= 4 is 5.91 Å². The molecule has 126 valence electrons. The van der Waals surface area contributed by atoms with Crippen LogP contribution in [0.4, 0.5) is 0 Å². The highest BCUT2D eigenvalue weighted by Crippen LogP contribution is 2.29. The lowest BCUT2D eigenvalue weighted by Crippen LogP contribution is -2.43. The average Bonchev–Trinajstić information content (AvgIpc) is 3.27. The van der Waals surface area contributed by atoms with Gasteiger partial charge in [-0.05, 0) is 38.3 Å². The molecule has 3 heterocycles. The molecule has 2 aliphatic heterocycles. The summed E-state index contributed by atoms with van der Waals surface area (Å²) in [7, 11) is 0. The molecule has 0 radical (unpaired) electrons. The summed E-state index contributed by atoms with van der Waals surface area (Å²) in [5.74, 6) is 1.99. The summed E-state index contributed by atoms with van der Waals surface area (Å²) in [5, 5.41) is 12.2. The Morgan fingerprint density at radius 2 is 2.08 bits per heavy atom. The number of aromatic nitrogens is 3. The Morgan fingerprint density at radius 1 is 1.25 bits per heavy atom. The number of nitrogens with zero attached hydrogens (tertiary/aromatic N) is 4. The molecule has 0 unspecified atom stereocenters. The lowest BCUT2D eigenvalue weighted by Gasteiger charge is -2.32. The van der Waals surface area contributed by atoms with Gasteiger partial charge in [-0.15, -0.1) is 10.2 Å². The number of hydrogen-bond acceptors (Lipinski definition) is 4. The van der Waals surface area contributed by atoms with Crippen LogP contribution in [0.3, 0.4) is 0 Å². The van der Waals surface area contributed by atoms with Gasteiger partial charge in [0, 0.05) is 6.54 Å². The first-order chi connectivity index (χ1) is 11.7. The van der Waals surface area contributed by atoms with Crippen molar-refractivity contribution in [1.29, 1.82) is 0 Å². The van der Waals surface area contributed by atoms with Gasteiger partial charge in [0.2, 0.25) is 5.91 Å². The minimum atomic E-state index is -0.225. The highest BCUT2D eigenvalue weighted by Gasteiger charge is 2.35. The molecule has 2 aliphatic rings. The van der Waals surface area contributed by atoms with E-state index in [9.17, 15) is 4.79 Å². The smallest absolute Gasteiger partial charge is 0.245 e. The fraction of sp³-hybridized carbons (Fsp3) is 0.500. The summed E-state index contributed by atoms with van der Waals surface area (Å²) in [6, 6.07) is 10.3. The van der Waals surface area contributed by atoms with E-state index in [-0.39, 0.29) is 18.0 Å². The van der Waals surface area contributed by atoms with Gasteiger partial charge >= 0.3 is 0 Å². The zero-order chi connectivity index (χ0) is 16.5. The van der Waals surface area contributed by atoms with E-state index in [1.54, 1.807) is 0 Å². The van der Waals surface area contributed by atoms with E-state index in [1.807, 2.05) is 34.6 Å². The normalized spacial score (nSPS) is 23.5. The van der Waals surface area contributed by atoms with Gasteiger partial charge in [0.15, 0.2) is 11.6 Å². The van der Waals surface area contributed by atoms with Crippen molar-refractivity contribution in [3.8, 4) is 0 Å². The van der Waals surface area contributed by atoms with Crippen molar-refractivity contribution < 1.29 is 4.79 Å². The number of benzene rings is 1. The zero-order valence-electron chi connectivity index (χ0n) is 14.0. The van der Waals surface area contributed by atoms with E-state index in [4.69, 9.17) is 0 Å². The lowest BCUT2D eigenvalue weighted by molar-refractivity contribution is -0.137. The highest BCUT2D eigenvalue weighted by molar-refractivity contribution is 5.81. The third-order valence-corrected chi connectivity index (χ3v) is 5.07. The van der Waals surface area contributed by atoms with Crippen molar-refractivity contribution in [2.75, 3.05) is 13.1 Å². The quantitative estimate of drug-likeness (QED) is 0.932. The molecule has 0 aliphatic carbocycles. The zero-order valence-corrected chi connectivity index (χ0v) is 14.0. The SMILES string of the molecule is C[C@H]1C(=O)N(CCc2ccccc2)Cc2nnc([C@@H]3CCCN3)n21. The minimum Gasteiger partial charge on any atom is -0.333 e. The molecule has 0 spiro atoms. The van der Waals surface area contributed by atoms with Crippen LogP contribution in [0.5, 0.6) is 0 Å². The minimum absolute atomic E-state index is 0.164. The Labute approximate surface area is 141 Å². The predicted molar refractivity (Wildman–Crippen MR) is 90.3 cm³/mol. The Hall–Kier alpha value is -2.21. The number of nitrogens with one attached hydrogen (secondary N) is 1. The van der Waals surface area contributed by atoms with Gasteiger partial charge in [-0.1, -0.05) is 30.3 Å². The Kier molecular flexibility index (Phi) is 4.06. The number of carbonyl (C=O) groups excluding carboxylic acids is 1. The largest absolute Gasteiger partial charge is 0.333 e. The van der Waals surface area contributed by atoms with Crippen LogP contribution in [-0.4, -0.2) is 38.7 Å². The van der Waals surface area contributed by atoms with Crippen LogP contribution in [0, 0.1) is 0 Å². The van der Waals surface area contributed by atoms with Gasteiger partial charge in [-0.25, -0.2) is 0 Å². The molecule has 0 bridgehead atoms. The first-order valence-electron chi connectivity index (χ1n) is 8.74. The molecule has 24 heavy (non-hydrogen) atoms. The van der Waals surface area contributed by atoms with Gasteiger partial charge in [-0.2, -0.15) is 0 Å². The molecule has 1 aromatic heterocycles. The molecule has 6 nitrogen and oxygen atoms in total. The maximum absolute atomic E-state index is 12.8. The van der Waals surface area contributed by atoms with E-state index in [1.165, 1.54) is 5.56 Å². The Balaban J connectivity index is 1.52. The first-order valence-corrected chi connectivity index (χ1v) is 8.74. The van der Waals surface area contributed by atoms with Gasteiger partial charge in [0.1, 0.15) is 6.04 Å². The van der Waals surface area contributed by atoms with Crippen LogP contribution < -0.4 is 5.32 Å². The van der Waals surface area contributed by atoms with E-state index in [0.717, 1.165) is 44.0 Å². The average molecular weight is 325 g/mol. The van der Waals surface area contributed by atoms with Crippen molar-refractivity contribution in [2.45, 2.75) is 44.8 Å². The predicted octanol–water partition coefficient (Wildman–Crippen LogP) is 1.85. The van der Waals surface area contributed by atoms with Gasteiger partial charge in [0.05, 0.1) is 12.6 Å². The van der Waals surface area contributed by atoms with Crippen LogP contribution in [0.2, 0.25) is 0 Å². The van der Waals surface area contributed by atoms with Crippen molar-refractivity contribution in [2.24, 2.45) is 0 Å². The van der Waals surface area contributed by atoms with Crippen molar-refractivity contribution in [3.05, 3.63) is 47.5 Å². The second-order valence-corrected chi connectivity index (χ2v) is 6.66. The highest BCUT2D eigenvalue weighted by atomic mass is 16.2. The lowest BCUT2D eigenvalue weighted by atomic mass is 10.1. The molecule has 1 fully saturated rings. The maximum atomic E-state index is 12.8. The first kappa shape index (κ1) is 15.3. The number of rotatable bonds is 4. The molecule has 4 rings (SSSR count).